The highest BCUT2D eigenvalue weighted by Crippen LogP contribution is 2.15. The fraction of sp³-hybridized carbons (Fsp3) is 0.267. The molecule has 2 amide bonds. The van der Waals surface area contributed by atoms with Gasteiger partial charge in [-0.05, 0) is 19.1 Å². The quantitative estimate of drug-likeness (QED) is 0.885. The van der Waals surface area contributed by atoms with Crippen molar-refractivity contribution in [2.24, 2.45) is 0 Å². The second-order valence-corrected chi connectivity index (χ2v) is 4.91. The number of carbonyl (C=O) groups excluding carboxylic acids is 1. The van der Waals surface area contributed by atoms with E-state index >= 15 is 0 Å². The standard InChI is InChI=1S/C15H18N4O3/c1-11-10-13(16-15(22)18(2)9-8-14(20)21)17-19(11)12-6-4-3-5-7-12/h3-7,10H,8-9H2,1-2H3,(H,20,21)(H,16,17,22). The van der Waals surface area contributed by atoms with Gasteiger partial charge in [0.2, 0.25) is 0 Å². The van der Waals surface area contributed by atoms with Crippen LogP contribution in [0.15, 0.2) is 36.4 Å². The molecule has 0 bridgehead atoms. The molecule has 0 unspecified atom stereocenters. The Morgan fingerprint density at radius 2 is 2.00 bits per heavy atom. The molecule has 1 aromatic carbocycles. The predicted molar refractivity (Wildman–Crippen MR) is 82.2 cm³/mol. The molecule has 1 aromatic heterocycles. The van der Waals surface area contributed by atoms with Gasteiger partial charge >= 0.3 is 12.0 Å². The topological polar surface area (TPSA) is 87.5 Å². The van der Waals surface area contributed by atoms with E-state index in [9.17, 15) is 9.59 Å². The van der Waals surface area contributed by atoms with E-state index in [0.717, 1.165) is 11.4 Å². The van der Waals surface area contributed by atoms with Crippen LogP contribution in [0.3, 0.4) is 0 Å². The van der Waals surface area contributed by atoms with Crippen molar-refractivity contribution in [2.75, 3.05) is 18.9 Å². The van der Waals surface area contributed by atoms with Crippen LogP contribution in [-0.4, -0.2) is 45.4 Å². The molecular formula is C15H18N4O3. The maximum absolute atomic E-state index is 12.0. The van der Waals surface area contributed by atoms with E-state index in [4.69, 9.17) is 5.11 Å². The molecule has 1 heterocycles. The third-order valence-corrected chi connectivity index (χ3v) is 3.13. The largest absolute Gasteiger partial charge is 0.481 e. The summed E-state index contributed by atoms with van der Waals surface area (Å²) in [4.78, 5) is 23.8. The minimum atomic E-state index is -0.941. The Balaban J connectivity index is 2.05. The minimum Gasteiger partial charge on any atom is -0.481 e. The van der Waals surface area contributed by atoms with E-state index in [1.165, 1.54) is 4.90 Å². The van der Waals surface area contributed by atoms with Crippen LogP contribution in [-0.2, 0) is 4.79 Å². The Hall–Kier alpha value is -2.83. The number of anilines is 1. The number of aliphatic carboxylic acids is 1. The average Bonchev–Trinajstić information content (AvgIpc) is 2.86. The molecule has 0 atom stereocenters. The first-order valence-corrected chi connectivity index (χ1v) is 6.83. The number of rotatable bonds is 5. The van der Waals surface area contributed by atoms with Crippen molar-refractivity contribution in [2.45, 2.75) is 13.3 Å². The Bertz CT molecular complexity index is 667. The van der Waals surface area contributed by atoms with Gasteiger partial charge in [-0.1, -0.05) is 18.2 Å². The van der Waals surface area contributed by atoms with E-state index < -0.39 is 5.97 Å². The molecule has 0 aliphatic rings. The lowest BCUT2D eigenvalue weighted by molar-refractivity contribution is -0.137. The number of carboxylic acid groups (broad SMARTS) is 1. The number of urea groups is 1. The Kier molecular flexibility index (Phi) is 4.77. The highest BCUT2D eigenvalue weighted by atomic mass is 16.4. The normalized spacial score (nSPS) is 10.3. The highest BCUT2D eigenvalue weighted by Gasteiger charge is 2.13. The zero-order chi connectivity index (χ0) is 16.1. The summed E-state index contributed by atoms with van der Waals surface area (Å²) in [6.45, 7) is 2.03. The summed E-state index contributed by atoms with van der Waals surface area (Å²) in [5.74, 6) is -0.516. The number of benzene rings is 1. The molecular weight excluding hydrogens is 284 g/mol. The van der Waals surface area contributed by atoms with E-state index in [2.05, 4.69) is 10.4 Å². The van der Waals surface area contributed by atoms with Crippen molar-refractivity contribution in [3.8, 4) is 5.69 Å². The van der Waals surface area contributed by atoms with Gasteiger partial charge in [0.05, 0.1) is 12.1 Å². The van der Waals surface area contributed by atoms with Crippen molar-refractivity contribution >= 4 is 17.8 Å². The van der Waals surface area contributed by atoms with E-state index in [-0.39, 0.29) is 19.0 Å². The van der Waals surface area contributed by atoms with Gasteiger partial charge in [-0.2, -0.15) is 0 Å². The molecule has 7 heteroatoms. The predicted octanol–water partition coefficient (Wildman–Crippen LogP) is 2.12. The molecule has 2 N–H and O–H groups in total. The van der Waals surface area contributed by atoms with Crippen LogP contribution in [0, 0.1) is 6.92 Å². The summed E-state index contributed by atoms with van der Waals surface area (Å²) in [6.07, 6.45) is -0.0958. The first-order valence-electron chi connectivity index (χ1n) is 6.83. The van der Waals surface area contributed by atoms with Crippen LogP contribution in [0.2, 0.25) is 0 Å². The molecule has 2 aromatic rings. The minimum absolute atomic E-state index is 0.0958. The molecule has 0 spiro atoms. The number of amides is 2. The van der Waals surface area contributed by atoms with Crippen molar-refractivity contribution in [3.05, 3.63) is 42.1 Å². The number of carbonyl (C=O) groups is 2. The Morgan fingerprint density at radius 3 is 2.64 bits per heavy atom. The summed E-state index contributed by atoms with van der Waals surface area (Å²) in [5, 5.41) is 15.6. The van der Waals surface area contributed by atoms with Crippen LogP contribution in [0.1, 0.15) is 12.1 Å². The first-order chi connectivity index (χ1) is 10.5. The molecule has 0 fully saturated rings. The number of carboxylic acids is 1. The van der Waals surface area contributed by atoms with E-state index in [1.54, 1.807) is 17.8 Å². The van der Waals surface area contributed by atoms with Crippen molar-refractivity contribution in [1.29, 1.82) is 0 Å². The zero-order valence-electron chi connectivity index (χ0n) is 12.5. The van der Waals surface area contributed by atoms with Crippen molar-refractivity contribution < 1.29 is 14.7 Å². The monoisotopic (exact) mass is 302 g/mol. The average molecular weight is 302 g/mol. The van der Waals surface area contributed by atoms with Crippen LogP contribution >= 0.6 is 0 Å². The molecule has 0 saturated carbocycles. The SMILES string of the molecule is Cc1cc(NC(=O)N(C)CCC(=O)O)nn1-c1ccccc1. The Labute approximate surface area is 128 Å². The number of hydrogen-bond acceptors (Lipinski definition) is 3. The van der Waals surface area contributed by atoms with Crippen molar-refractivity contribution in [1.82, 2.24) is 14.7 Å². The number of nitrogens with zero attached hydrogens (tertiary/aromatic N) is 3. The molecule has 0 aliphatic carbocycles. The lowest BCUT2D eigenvalue weighted by Gasteiger charge is -2.15. The summed E-state index contributed by atoms with van der Waals surface area (Å²) in [5.41, 5.74) is 1.79. The summed E-state index contributed by atoms with van der Waals surface area (Å²) >= 11 is 0. The molecule has 0 saturated heterocycles. The molecule has 0 radical (unpaired) electrons. The van der Waals surface area contributed by atoms with E-state index in [1.807, 2.05) is 37.3 Å². The van der Waals surface area contributed by atoms with E-state index in [0.29, 0.717) is 5.82 Å². The number of aromatic nitrogens is 2. The second-order valence-electron chi connectivity index (χ2n) is 4.91. The van der Waals surface area contributed by atoms with Crippen molar-refractivity contribution in [3.63, 3.8) is 0 Å². The maximum Gasteiger partial charge on any atom is 0.322 e. The van der Waals surface area contributed by atoms with Gasteiger partial charge in [-0.15, -0.1) is 5.10 Å². The lowest BCUT2D eigenvalue weighted by Crippen LogP contribution is -2.33. The summed E-state index contributed by atoms with van der Waals surface area (Å²) < 4.78 is 1.73. The first kappa shape index (κ1) is 15.6. The third-order valence-electron chi connectivity index (χ3n) is 3.13. The third kappa shape index (κ3) is 3.85. The number of hydrogen-bond donors (Lipinski definition) is 2. The fourth-order valence-corrected chi connectivity index (χ4v) is 1.94. The van der Waals surface area contributed by atoms with Crippen LogP contribution < -0.4 is 5.32 Å². The molecule has 2 rings (SSSR count). The van der Waals surface area contributed by atoms with Gasteiger partial charge < -0.3 is 10.0 Å². The molecule has 0 aliphatic heterocycles. The van der Waals surface area contributed by atoms with Crippen LogP contribution in [0.5, 0.6) is 0 Å². The van der Waals surface area contributed by atoms with Gasteiger partial charge in [0.25, 0.3) is 0 Å². The lowest BCUT2D eigenvalue weighted by atomic mass is 10.3. The smallest absolute Gasteiger partial charge is 0.322 e. The van der Waals surface area contributed by atoms with Crippen LogP contribution in [0.25, 0.3) is 5.69 Å². The number of para-hydroxylation sites is 1. The summed E-state index contributed by atoms with van der Waals surface area (Å²) in [7, 11) is 1.54. The maximum atomic E-state index is 12.0. The van der Waals surface area contributed by atoms with Gasteiger partial charge in [0, 0.05) is 25.4 Å². The second kappa shape index (κ2) is 6.75. The number of nitrogens with one attached hydrogen (secondary N) is 1. The van der Waals surface area contributed by atoms with Gasteiger partial charge in [0.1, 0.15) is 0 Å². The fourth-order valence-electron chi connectivity index (χ4n) is 1.94. The molecule has 7 nitrogen and oxygen atoms in total. The highest BCUT2D eigenvalue weighted by molar-refractivity contribution is 5.88. The zero-order valence-corrected chi connectivity index (χ0v) is 12.5. The van der Waals surface area contributed by atoms with Gasteiger partial charge in [-0.25, -0.2) is 9.48 Å². The van der Waals surface area contributed by atoms with Crippen LogP contribution in [0.4, 0.5) is 10.6 Å². The number of aryl methyl sites for hydroxylation is 1. The molecule has 22 heavy (non-hydrogen) atoms. The van der Waals surface area contributed by atoms with Gasteiger partial charge in [0.15, 0.2) is 5.82 Å². The summed E-state index contributed by atoms with van der Waals surface area (Å²) in [6, 6.07) is 11.0. The Morgan fingerprint density at radius 1 is 1.32 bits per heavy atom. The molecule has 116 valence electrons. The van der Waals surface area contributed by atoms with Gasteiger partial charge in [-0.3, -0.25) is 10.1 Å².